The molecule has 2 heterocycles. The Hall–Kier alpha value is -4.85. The van der Waals surface area contributed by atoms with Crippen LogP contribution in [0.5, 0.6) is 11.6 Å². The van der Waals surface area contributed by atoms with E-state index in [1.165, 1.54) is 36.4 Å². The molecule has 6 rings (SSSR count). The second-order valence-corrected chi connectivity index (χ2v) is 9.21. The number of nitrogens with zero attached hydrogens (tertiary/aromatic N) is 4. The fraction of sp³-hybridized carbons (Fsp3) is 0.0968. The van der Waals surface area contributed by atoms with Gasteiger partial charge < -0.3 is 4.74 Å². The Balaban J connectivity index is 1.50. The third-order valence-electron chi connectivity index (χ3n) is 6.59. The van der Waals surface area contributed by atoms with Gasteiger partial charge in [-0.1, -0.05) is 36.4 Å². The monoisotopic (exact) mass is 524 g/mol. The van der Waals surface area contributed by atoms with E-state index in [2.05, 4.69) is 0 Å². The zero-order valence-corrected chi connectivity index (χ0v) is 20.9. The summed E-state index contributed by atoms with van der Waals surface area (Å²) in [6.07, 6.45) is 0.448. The molecule has 0 saturated heterocycles. The predicted molar refractivity (Wildman–Crippen MR) is 144 cm³/mol. The van der Waals surface area contributed by atoms with Gasteiger partial charge in [-0.3, -0.25) is 5.01 Å². The lowest BCUT2D eigenvalue weighted by Gasteiger charge is -2.24. The Morgan fingerprint density at radius 3 is 2.13 bits per heavy atom. The molecule has 1 atom stereocenters. The number of anilines is 1. The summed E-state index contributed by atoms with van der Waals surface area (Å²) in [5.41, 5.74) is 4.37. The van der Waals surface area contributed by atoms with Gasteiger partial charge in [0.2, 0.25) is 5.88 Å². The first-order valence-corrected chi connectivity index (χ1v) is 12.4. The van der Waals surface area contributed by atoms with Gasteiger partial charge in [-0.2, -0.15) is 10.2 Å². The van der Waals surface area contributed by atoms with Crippen LogP contribution in [0.4, 0.5) is 18.9 Å². The highest BCUT2D eigenvalue weighted by Gasteiger charge is 2.36. The minimum atomic E-state index is -0.424. The Morgan fingerprint density at radius 2 is 1.44 bits per heavy atom. The van der Waals surface area contributed by atoms with Crippen molar-refractivity contribution in [1.82, 2.24) is 9.78 Å². The summed E-state index contributed by atoms with van der Waals surface area (Å²) in [7, 11) is 0. The Morgan fingerprint density at radius 1 is 0.744 bits per heavy atom. The maximum atomic E-state index is 14.1. The number of ether oxygens (including phenoxy) is 1. The summed E-state index contributed by atoms with van der Waals surface area (Å²) in [5, 5.41) is 11.5. The standard InChI is InChI=1S/C31H23F3N4O/c1-20-30(31(39-27-9-5-6-24(34)18-27)38(35-20)25-7-3-2-4-8-25)29-19-28(21-10-12-22(32)13-11-21)36-37(29)26-16-14-23(33)15-17-26/h2-18,29H,19H2,1H3. The molecule has 194 valence electrons. The largest absolute Gasteiger partial charge is 0.438 e. The summed E-state index contributed by atoms with van der Waals surface area (Å²) in [6.45, 7) is 1.88. The van der Waals surface area contributed by atoms with Crippen molar-refractivity contribution in [2.24, 2.45) is 5.10 Å². The molecule has 39 heavy (non-hydrogen) atoms. The summed E-state index contributed by atoms with van der Waals surface area (Å²) >= 11 is 0. The maximum Gasteiger partial charge on any atom is 0.228 e. The molecule has 1 unspecified atom stereocenters. The third-order valence-corrected chi connectivity index (χ3v) is 6.59. The van der Waals surface area contributed by atoms with Crippen LogP contribution < -0.4 is 9.75 Å². The van der Waals surface area contributed by atoms with Crippen molar-refractivity contribution in [2.75, 3.05) is 5.01 Å². The lowest BCUT2D eigenvalue weighted by atomic mass is 9.98. The molecule has 0 fully saturated rings. The van der Waals surface area contributed by atoms with Crippen molar-refractivity contribution in [3.05, 3.63) is 137 Å². The molecular weight excluding hydrogens is 501 g/mol. The summed E-state index contributed by atoms with van der Waals surface area (Å²) < 4.78 is 49.6. The van der Waals surface area contributed by atoms with Gasteiger partial charge in [0.15, 0.2) is 0 Å². The fourth-order valence-corrected chi connectivity index (χ4v) is 4.77. The highest BCUT2D eigenvalue weighted by atomic mass is 19.1. The number of hydrogen-bond acceptors (Lipinski definition) is 4. The number of halogens is 3. The van der Waals surface area contributed by atoms with Gasteiger partial charge in [-0.25, -0.2) is 17.9 Å². The first-order valence-electron chi connectivity index (χ1n) is 12.4. The van der Waals surface area contributed by atoms with E-state index in [-0.39, 0.29) is 11.6 Å². The lowest BCUT2D eigenvalue weighted by Crippen LogP contribution is -2.19. The van der Waals surface area contributed by atoms with Gasteiger partial charge in [-0.15, -0.1) is 0 Å². The molecule has 0 aliphatic carbocycles. The molecule has 0 N–H and O–H groups in total. The highest BCUT2D eigenvalue weighted by Crippen LogP contribution is 2.44. The topological polar surface area (TPSA) is 42.6 Å². The molecule has 5 aromatic rings. The number of hydrazone groups is 1. The van der Waals surface area contributed by atoms with Crippen molar-refractivity contribution in [1.29, 1.82) is 0 Å². The third kappa shape index (κ3) is 4.88. The molecule has 4 aromatic carbocycles. The van der Waals surface area contributed by atoms with Crippen LogP contribution in [0.3, 0.4) is 0 Å². The van der Waals surface area contributed by atoms with E-state index in [0.717, 1.165) is 22.5 Å². The maximum absolute atomic E-state index is 14.1. The number of para-hydroxylation sites is 1. The quantitative estimate of drug-likeness (QED) is 0.228. The number of aromatic nitrogens is 2. The van der Waals surface area contributed by atoms with E-state index in [1.54, 1.807) is 46.1 Å². The second kappa shape index (κ2) is 10.1. The van der Waals surface area contributed by atoms with Gasteiger partial charge >= 0.3 is 0 Å². The van der Waals surface area contributed by atoms with Crippen molar-refractivity contribution < 1.29 is 17.9 Å². The first-order chi connectivity index (χ1) is 19.0. The van der Waals surface area contributed by atoms with Crippen molar-refractivity contribution >= 4 is 11.4 Å². The van der Waals surface area contributed by atoms with E-state index < -0.39 is 11.9 Å². The fourth-order valence-electron chi connectivity index (χ4n) is 4.77. The van der Waals surface area contributed by atoms with Crippen LogP contribution in [-0.2, 0) is 0 Å². The van der Waals surface area contributed by atoms with Gasteiger partial charge in [-0.05, 0) is 73.2 Å². The lowest BCUT2D eigenvalue weighted by molar-refractivity contribution is 0.431. The number of aryl methyl sites for hydroxylation is 1. The Kier molecular flexibility index (Phi) is 6.36. The van der Waals surface area contributed by atoms with E-state index >= 15 is 0 Å². The second-order valence-electron chi connectivity index (χ2n) is 9.21. The van der Waals surface area contributed by atoms with E-state index in [4.69, 9.17) is 14.9 Å². The molecule has 8 heteroatoms. The van der Waals surface area contributed by atoms with Gasteiger partial charge in [0, 0.05) is 12.5 Å². The first kappa shape index (κ1) is 24.5. The average Bonchev–Trinajstić information content (AvgIpc) is 3.51. The molecule has 1 aromatic heterocycles. The molecule has 0 bridgehead atoms. The van der Waals surface area contributed by atoms with Crippen LogP contribution in [-0.4, -0.2) is 15.5 Å². The SMILES string of the molecule is Cc1nn(-c2ccccc2)c(Oc2cccc(F)c2)c1C1CC(c2ccc(F)cc2)=NN1c1ccc(F)cc1. The van der Waals surface area contributed by atoms with E-state index in [0.29, 0.717) is 29.4 Å². The molecule has 0 saturated carbocycles. The van der Waals surface area contributed by atoms with Gasteiger partial charge in [0.25, 0.3) is 0 Å². The highest BCUT2D eigenvalue weighted by molar-refractivity contribution is 6.03. The van der Waals surface area contributed by atoms with E-state index in [1.807, 2.05) is 37.3 Å². The molecule has 1 aliphatic heterocycles. The summed E-state index contributed by atoms with van der Waals surface area (Å²) in [6, 6.07) is 27.3. The van der Waals surface area contributed by atoms with Crippen LogP contribution in [0.25, 0.3) is 5.69 Å². The van der Waals surface area contributed by atoms with Crippen LogP contribution in [0, 0.1) is 24.4 Å². The van der Waals surface area contributed by atoms with Gasteiger partial charge in [0.05, 0.1) is 34.4 Å². The van der Waals surface area contributed by atoms with Crippen molar-refractivity contribution in [2.45, 2.75) is 19.4 Å². The zero-order chi connectivity index (χ0) is 26.9. The minimum Gasteiger partial charge on any atom is -0.438 e. The molecular formula is C31H23F3N4O. The van der Waals surface area contributed by atoms with E-state index in [9.17, 15) is 13.2 Å². The van der Waals surface area contributed by atoms with Crippen molar-refractivity contribution in [3.63, 3.8) is 0 Å². The van der Waals surface area contributed by atoms with Gasteiger partial charge in [0.1, 0.15) is 23.2 Å². The summed E-state index contributed by atoms with van der Waals surface area (Å²) in [5.74, 6) is -0.390. The number of benzene rings is 4. The molecule has 0 radical (unpaired) electrons. The molecule has 0 spiro atoms. The smallest absolute Gasteiger partial charge is 0.228 e. The normalized spacial score (nSPS) is 14.9. The average molecular weight is 525 g/mol. The van der Waals surface area contributed by atoms with Crippen molar-refractivity contribution in [3.8, 4) is 17.3 Å². The molecule has 0 amide bonds. The molecule has 5 nitrogen and oxygen atoms in total. The predicted octanol–water partition coefficient (Wildman–Crippen LogP) is 7.75. The minimum absolute atomic E-state index is 0.319. The Bertz CT molecular complexity index is 1650. The Labute approximate surface area is 223 Å². The number of hydrogen-bond donors (Lipinski definition) is 0. The molecule has 1 aliphatic rings. The van der Waals surface area contributed by atoms with Crippen LogP contribution >= 0.6 is 0 Å². The zero-order valence-electron chi connectivity index (χ0n) is 20.9. The summed E-state index contributed by atoms with van der Waals surface area (Å²) in [4.78, 5) is 0. The van der Waals surface area contributed by atoms with Crippen LogP contribution in [0.15, 0.2) is 108 Å². The number of rotatable bonds is 6. The van der Waals surface area contributed by atoms with Crippen LogP contribution in [0.2, 0.25) is 0 Å². The van der Waals surface area contributed by atoms with Crippen LogP contribution in [0.1, 0.15) is 29.3 Å².